The Kier molecular flexibility index (Phi) is 5.38. The third-order valence-electron chi connectivity index (χ3n) is 5.33. The number of alkyl halides is 2. The topological polar surface area (TPSA) is 66.5 Å². The fourth-order valence-corrected chi connectivity index (χ4v) is 5.07. The molecule has 0 aromatic heterocycles. The highest BCUT2D eigenvalue weighted by atomic mass is 79.9. The molecule has 7 heteroatoms. The summed E-state index contributed by atoms with van der Waals surface area (Å²) in [5.74, 6) is -1.04. The molecule has 1 N–H and O–H groups in total. The van der Waals surface area contributed by atoms with Crippen LogP contribution in [-0.2, 0) is 9.59 Å². The van der Waals surface area contributed by atoms with E-state index in [1.165, 1.54) is 4.90 Å². The lowest BCUT2D eigenvalue weighted by molar-refractivity contribution is -0.122. The molecule has 28 heavy (non-hydrogen) atoms. The molecular formula is C21H18Br2N2O3. The Morgan fingerprint density at radius 3 is 1.93 bits per heavy atom. The Balaban J connectivity index is 1.50. The van der Waals surface area contributed by atoms with Gasteiger partial charge in [-0.3, -0.25) is 19.3 Å². The van der Waals surface area contributed by atoms with Gasteiger partial charge in [-0.05, 0) is 49.2 Å². The molecule has 1 saturated heterocycles. The van der Waals surface area contributed by atoms with E-state index in [9.17, 15) is 14.4 Å². The van der Waals surface area contributed by atoms with Gasteiger partial charge >= 0.3 is 0 Å². The zero-order chi connectivity index (χ0) is 19.8. The highest BCUT2D eigenvalue weighted by Crippen LogP contribution is 2.44. The molecule has 5 nitrogen and oxygen atoms in total. The first-order valence-electron chi connectivity index (χ1n) is 9.08. The van der Waals surface area contributed by atoms with Crippen LogP contribution in [0.5, 0.6) is 0 Å². The van der Waals surface area contributed by atoms with Crippen molar-refractivity contribution in [3.63, 3.8) is 0 Å². The molecule has 0 radical (unpaired) electrons. The van der Waals surface area contributed by atoms with Crippen LogP contribution in [0.2, 0.25) is 0 Å². The van der Waals surface area contributed by atoms with Gasteiger partial charge in [-0.25, -0.2) is 0 Å². The zero-order valence-corrected chi connectivity index (χ0v) is 18.0. The number of anilines is 2. The van der Waals surface area contributed by atoms with E-state index in [0.29, 0.717) is 29.8 Å². The van der Waals surface area contributed by atoms with Gasteiger partial charge in [0, 0.05) is 20.9 Å². The van der Waals surface area contributed by atoms with Gasteiger partial charge in [0.15, 0.2) is 0 Å². The second kappa shape index (κ2) is 7.79. The fourth-order valence-electron chi connectivity index (χ4n) is 3.84. The molecule has 1 heterocycles. The number of hydrogen-bond donors (Lipinski definition) is 1. The standard InChI is InChI=1S/C21H18Br2N2O3/c22-17-10-15-16(11-18(17)23)21(28)25(20(15)27)14-8-6-13(7-9-14)24-19(26)12-4-2-1-3-5-12/h1-9,15-18H,10-11H2,(H,24,26)/t15-,16-,17+,18+/m1/s1. The van der Waals surface area contributed by atoms with Gasteiger partial charge in [0.2, 0.25) is 11.8 Å². The van der Waals surface area contributed by atoms with E-state index in [-0.39, 0.29) is 39.2 Å². The molecule has 4 rings (SSSR count). The quantitative estimate of drug-likeness (QED) is 0.497. The van der Waals surface area contributed by atoms with Crippen LogP contribution >= 0.6 is 31.9 Å². The number of nitrogens with zero attached hydrogens (tertiary/aromatic N) is 1. The maximum absolute atomic E-state index is 12.8. The first-order valence-corrected chi connectivity index (χ1v) is 10.9. The van der Waals surface area contributed by atoms with E-state index in [2.05, 4.69) is 37.2 Å². The lowest BCUT2D eigenvalue weighted by Gasteiger charge is -2.29. The van der Waals surface area contributed by atoms with Crippen molar-refractivity contribution in [2.24, 2.45) is 11.8 Å². The molecule has 2 aromatic carbocycles. The molecular weight excluding hydrogens is 488 g/mol. The number of nitrogens with one attached hydrogen (secondary N) is 1. The van der Waals surface area contributed by atoms with E-state index < -0.39 is 0 Å². The number of fused-ring (bicyclic) bond motifs is 1. The Morgan fingerprint density at radius 1 is 0.857 bits per heavy atom. The van der Waals surface area contributed by atoms with Gasteiger partial charge in [-0.15, -0.1) is 0 Å². The van der Waals surface area contributed by atoms with Crippen LogP contribution in [0.4, 0.5) is 11.4 Å². The van der Waals surface area contributed by atoms with Crippen molar-refractivity contribution in [3.05, 3.63) is 60.2 Å². The average molecular weight is 506 g/mol. The highest BCUT2D eigenvalue weighted by molar-refractivity contribution is 9.12. The van der Waals surface area contributed by atoms with Crippen LogP contribution < -0.4 is 10.2 Å². The third-order valence-corrected chi connectivity index (χ3v) is 8.06. The van der Waals surface area contributed by atoms with Gasteiger partial charge in [0.25, 0.3) is 5.91 Å². The minimum absolute atomic E-state index is 0.139. The molecule has 3 amide bonds. The van der Waals surface area contributed by atoms with Crippen LogP contribution in [0.25, 0.3) is 0 Å². The molecule has 1 aliphatic heterocycles. The van der Waals surface area contributed by atoms with Crippen molar-refractivity contribution >= 4 is 61.0 Å². The van der Waals surface area contributed by atoms with E-state index >= 15 is 0 Å². The van der Waals surface area contributed by atoms with E-state index in [1.807, 2.05) is 6.07 Å². The maximum Gasteiger partial charge on any atom is 0.255 e. The van der Waals surface area contributed by atoms with Crippen LogP contribution in [-0.4, -0.2) is 27.4 Å². The lowest BCUT2D eigenvalue weighted by atomic mass is 9.81. The molecule has 0 spiro atoms. The molecule has 1 saturated carbocycles. The molecule has 4 atom stereocenters. The van der Waals surface area contributed by atoms with Crippen molar-refractivity contribution in [2.45, 2.75) is 22.5 Å². The minimum atomic E-state index is -0.275. The van der Waals surface area contributed by atoms with Crippen molar-refractivity contribution in [1.29, 1.82) is 0 Å². The van der Waals surface area contributed by atoms with Crippen molar-refractivity contribution in [3.8, 4) is 0 Å². The van der Waals surface area contributed by atoms with Crippen LogP contribution in [0.1, 0.15) is 23.2 Å². The molecule has 2 fully saturated rings. The number of carbonyl (C=O) groups excluding carboxylic acids is 3. The van der Waals surface area contributed by atoms with Crippen molar-refractivity contribution in [1.82, 2.24) is 0 Å². The summed E-state index contributed by atoms with van der Waals surface area (Å²) in [7, 11) is 0. The summed E-state index contributed by atoms with van der Waals surface area (Å²) in [6.45, 7) is 0. The number of rotatable bonds is 3. The fraction of sp³-hybridized carbons (Fsp3) is 0.286. The van der Waals surface area contributed by atoms with E-state index in [1.54, 1.807) is 48.5 Å². The Bertz CT molecular complexity index is 889. The smallest absolute Gasteiger partial charge is 0.255 e. The summed E-state index contributed by atoms with van der Waals surface area (Å²) in [6, 6.07) is 15.7. The number of benzene rings is 2. The van der Waals surface area contributed by atoms with Crippen molar-refractivity contribution in [2.75, 3.05) is 10.2 Å². The van der Waals surface area contributed by atoms with Crippen LogP contribution in [0, 0.1) is 11.8 Å². The SMILES string of the molecule is O=C(Nc1ccc(N2C(=O)[C@@H]3C[C@H](Br)[C@@H](Br)C[C@H]3C2=O)cc1)c1ccccc1. The summed E-state index contributed by atoms with van der Waals surface area (Å²) in [5.41, 5.74) is 1.71. The van der Waals surface area contributed by atoms with Gasteiger partial charge in [0.05, 0.1) is 17.5 Å². The normalized spacial score (nSPS) is 26.9. The number of hydrogen-bond acceptors (Lipinski definition) is 3. The Hall–Kier alpha value is -1.99. The van der Waals surface area contributed by atoms with Crippen LogP contribution in [0.3, 0.4) is 0 Å². The number of imide groups is 1. The van der Waals surface area contributed by atoms with E-state index in [0.717, 1.165) is 0 Å². The summed E-state index contributed by atoms with van der Waals surface area (Å²) in [6.07, 6.45) is 1.29. The van der Waals surface area contributed by atoms with Gasteiger partial charge in [-0.2, -0.15) is 0 Å². The molecule has 2 aromatic rings. The predicted molar refractivity (Wildman–Crippen MR) is 115 cm³/mol. The monoisotopic (exact) mass is 504 g/mol. The number of amides is 3. The van der Waals surface area contributed by atoms with Gasteiger partial charge in [0.1, 0.15) is 0 Å². The summed E-state index contributed by atoms with van der Waals surface area (Å²) >= 11 is 7.19. The maximum atomic E-state index is 12.8. The van der Waals surface area contributed by atoms with Crippen molar-refractivity contribution < 1.29 is 14.4 Å². The molecule has 144 valence electrons. The summed E-state index contributed by atoms with van der Waals surface area (Å²) < 4.78 is 0. The Labute approximate surface area is 179 Å². The number of halogens is 2. The zero-order valence-electron chi connectivity index (χ0n) is 14.8. The molecule has 0 bridgehead atoms. The lowest BCUT2D eigenvalue weighted by Crippen LogP contribution is -2.34. The largest absolute Gasteiger partial charge is 0.322 e. The van der Waals surface area contributed by atoms with Gasteiger partial charge < -0.3 is 5.32 Å². The first kappa shape index (κ1) is 19.3. The highest BCUT2D eigenvalue weighted by Gasteiger charge is 2.52. The second-order valence-electron chi connectivity index (χ2n) is 7.10. The molecule has 2 aliphatic rings. The average Bonchev–Trinajstić information content (AvgIpc) is 2.94. The summed E-state index contributed by atoms with van der Waals surface area (Å²) in [4.78, 5) is 39.6. The Morgan fingerprint density at radius 2 is 1.39 bits per heavy atom. The minimum Gasteiger partial charge on any atom is -0.322 e. The molecule has 1 aliphatic carbocycles. The molecule has 0 unspecified atom stereocenters. The number of carbonyl (C=O) groups is 3. The summed E-state index contributed by atoms with van der Waals surface area (Å²) in [5, 5.41) is 2.82. The van der Waals surface area contributed by atoms with Crippen LogP contribution in [0.15, 0.2) is 54.6 Å². The first-order chi connectivity index (χ1) is 13.5. The second-order valence-corrected chi connectivity index (χ2v) is 9.45. The predicted octanol–water partition coefficient (Wildman–Crippen LogP) is 4.37. The van der Waals surface area contributed by atoms with Gasteiger partial charge in [-0.1, -0.05) is 50.1 Å². The van der Waals surface area contributed by atoms with E-state index in [4.69, 9.17) is 0 Å². The third kappa shape index (κ3) is 3.53.